The lowest BCUT2D eigenvalue weighted by Gasteiger charge is -2.41. The second kappa shape index (κ2) is 7.86. The van der Waals surface area contributed by atoms with Crippen molar-refractivity contribution in [3.05, 3.63) is 59.1 Å². The highest BCUT2D eigenvalue weighted by Crippen LogP contribution is 2.43. The number of carbonyl (C=O) groups is 1. The van der Waals surface area contributed by atoms with E-state index in [1.807, 2.05) is 30.8 Å². The van der Waals surface area contributed by atoms with Crippen molar-refractivity contribution < 1.29 is 9.90 Å². The lowest BCUT2D eigenvalue weighted by molar-refractivity contribution is 0.0650. The molecule has 2 saturated heterocycles. The summed E-state index contributed by atoms with van der Waals surface area (Å²) in [7, 11) is 0. The first-order chi connectivity index (χ1) is 13.0. The van der Waals surface area contributed by atoms with Gasteiger partial charge in [0.25, 0.3) is 0 Å². The van der Waals surface area contributed by atoms with Crippen LogP contribution in [0.2, 0.25) is 5.02 Å². The maximum Gasteiger partial charge on any atom is 0.179 e. The van der Waals surface area contributed by atoms with Gasteiger partial charge >= 0.3 is 0 Å². The number of thioether (sulfide) groups is 1. The summed E-state index contributed by atoms with van der Waals surface area (Å²) in [6.07, 6.45) is 4.60. The highest BCUT2D eigenvalue weighted by Gasteiger charge is 2.44. The number of rotatable bonds is 5. The normalized spacial score (nSPS) is 26.1. The number of hydrogen-bond acceptors (Lipinski definition) is 4. The first-order valence-electron chi connectivity index (χ1n) is 9.54. The summed E-state index contributed by atoms with van der Waals surface area (Å²) in [5.74, 6) is 0.343. The van der Waals surface area contributed by atoms with E-state index in [0.717, 1.165) is 17.9 Å². The number of phenols is 1. The number of halogens is 1. The van der Waals surface area contributed by atoms with Crippen LogP contribution >= 0.6 is 23.4 Å². The predicted molar refractivity (Wildman–Crippen MR) is 111 cm³/mol. The van der Waals surface area contributed by atoms with Gasteiger partial charge in [-0.25, -0.2) is 0 Å². The van der Waals surface area contributed by atoms with Crippen LogP contribution in [0, 0.1) is 0 Å². The van der Waals surface area contributed by atoms with Crippen LogP contribution in [0.15, 0.2) is 53.4 Å². The second-order valence-corrected chi connectivity index (χ2v) is 9.39. The first kappa shape index (κ1) is 18.9. The highest BCUT2D eigenvalue weighted by atomic mass is 35.5. The van der Waals surface area contributed by atoms with E-state index < -0.39 is 0 Å². The molecule has 0 amide bonds. The lowest BCUT2D eigenvalue weighted by Crippen LogP contribution is -2.51. The van der Waals surface area contributed by atoms with Crippen LogP contribution in [0.3, 0.4) is 0 Å². The minimum absolute atomic E-state index is 0.117. The molecule has 4 rings (SSSR count). The fourth-order valence-electron chi connectivity index (χ4n) is 4.60. The molecule has 2 aliphatic rings. The zero-order valence-corrected chi connectivity index (χ0v) is 16.9. The van der Waals surface area contributed by atoms with Crippen molar-refractivity contribution >= 4 is 29.1 Å². The van der Waals surface area contributed by atoms with Gasteiger partial charge in [0.1, 0.15) is 5.75 Å². The van der Waals surface area contributed by atoms with Gasteiger partial charge in [0.05, 0.1) is 6.04 Å². The standard InChI is InChI=1S/C22H24ClNO2S/c1-14(22(26)15-2-8-19(25)9-3-15)24-17-6-7-18(24)13-21(12-17)27-20-10-4-16(23)5-11-20/h2-5,8-11,14,17-18,21,25H,6-7,12-13H2,1H3. The SMILES string of the molecule is CC(C(=O)c1ccc(O)cc1)N1C2CCC1CC(Sc1ccc(Cl)cc1)C2. The Kier molecular flexibility index (Phi) is 5.49. The molecular formula is C22H24ClNO2S. The molecule has 27 heavy (non-hydrogen) atoms. The van der Waals surface area contributed by atoms with Gasteiger partial charge in [-0.3, -0.25) is 9.69 Å². The third-order valence-electron chi connectivity index (χ3n) is 5.84. The van der Waals surface area contributed by atoms with E-state index in [-0.39, 0.29) is 17.6 Å². The Morgan fingerprint density at radius 2 is 1.67 bits per heavy atom. The fourth-order valence-corrected chi connectivity index (χ4v) is 6.04. The van der Waals surface area contributed by atoms with Crippen molar-refractivity contribution in [2.75, 3.05) is 0 Å². The number of ketones is 1. The van der Waals surface area contributed by atoms with Crippen molar-refractivity contribution in [1.82, 2.24) is 4.90 Å². The van der Waals surface area contributed by atoms with E-state index in [9.17, 15) is 9.90 Å². The third kappa shape index (κ3) is 4.03. The van der Waals surface area contributed by atoms with Gasteiger partial charge in [0, 0.05) is 32.8 Å². The summed E-state index contributed by atoms with van der Waals surface area (Å²) >= 11 is 7.93. The Morgan fingerprint density at radius 3 is 2.26 bits per heavy atom. The maximum atomic E-state index is 12.9. The van der Waals surface area contributed by atoms with Crippen molar-refractivity contribution in [3.63, 3.8) is 0 Å². The molecule has 2 aliphatic heterocycles. The van der Waals surface area contributed by atoms with Gasteiger partial charge in [0.15, 0.2) is 5.78 Å². The van der Waals surface area contributed by atoms with Crippen LogP contribution < -0.4 is 0 Å². The average Bonchev–Trinajstić information content (AvgIpc) is 2.93. The molecule has 0 radical (unpaired) electrons. The lowest BCUT2D eigenvalue weighted by atomic mass is 9.96. The molecule has 2 aromatic rings. The van der Waals surface area contributed by atoms with E-state index in [2.05, 4.69) is 17.0 Å². The zero-order valence-electron chi connectivity index (χ0n) is 15.3. The van der Waals surface area contributed by atoms with E-state index in [1.165, 1.54) is 17.7 Å². The monoisotopic (exact) mass is 401 g/mol. The largest absolute Gasteiger partial charge is 0.508 e. The molecule has 2 fully saturated rings. The smallest absolute Gasteiger partial charge is 0.179 e. The summed E-state index contributed by atoms with van der Waals surface area (Å²) in [5.41, 5.74) is 0.678. The highest BCUT2D eigenvalue weighted by molar-refractivity contribution is 8.00. The molecule has 3 unspecified atom stereocenters. The molecule has 142 valence electrons. The second-order valence-electron chi connectivity index (χ2n) is 7.58. The first-order valence-corrected chi connectivity index (χ1v) is 10.8. The van der Waals surface area contributed by atoms with E-state index >= 15 is 0 Å². The summed E-state index contributed by atoms with van der Waals surface area (Å²) in [5, 5.41) is 10.8. The predicted octanol–water partition coefficient (Wildman–Crippen LogP) is 5.40. The van der Waals surface area contributed by atoms with Gasteiger partial charge in [-0.05, 0) is 81.1 Å². The van der Waals surface area contributed by atoms with Crippen LogP contribution in [0.1, 0.15) is 43.0 Å². The van der Waals surface area contributed by atoms with Crippen LogP contribution in [-0.2, 0) is 0 Å². The van der Waals surface area contributed by atoms with Crippen molar-refractivity contribution in [1.29, 1.82) is 0 Å². The van der Waals surface area contributed by atoms with Crippen molar-refractivity contribution in [2.24, 2.45) is 0 Å². The zero-order chi connectivity index (χ0) is 19.0. The quantitative estimate of drug-likeness (QED) is 0.680. The van der Waals surface area contributed by atoms with Crippen molar-refractivity contribution in [2.45, 2.75) is 60.9 Å². The number of carbonyl (C=O) groups excluding carboxylic acids is 1. The molecule has 0 aliphatic carbocycles. The minimum Gasteiger partial charge on any atom is -0.508 e. The number of aromatic hydroxyl groups is 1. The van der Waals surface area contributed by atoms with Crippen LogP contribution in [0.5, 0.6) is 5.75 Å². The fraction of sp³-hybridized carbons (Fsp3) is 0.409. The molecule has 3 nitrogen and oxygen atoms in total. The molecule has 2 heterocycles. The number of piperidine rings is 1. The summed E-state index contributed by atoms with van der Waals surface area (Å²) in [6.45, 7) is 2.03. The molecule has 1 N–H and O–H groups in total. The molecule has 0 aromatic heterocycles. The Hall–Kier alpha value is -1.49. The Labute approximate surface area is 169 Å². The number of benzene rings is 2. The molecule has 3 atom stereocenters. The number of fused-ring (bicyclic) bond motifs is 2. The van der Waals surface area contributed by atoms with Gasteiger partial charge < -0.3 is 5.11 Å². The maximum absolute atomic E-state index is 12.9. The van der Waals surface area contributed by atoms with Gasteiger partial charge in [-0.2, -0.15) is 0 Å². The number of phenolic OH excluding ortho intramolecular Hbond substituents is 1. The number of nitrogens with zero attached hydrogens (tertiary/aromatic N) is 1. The van der Waals surface area contributed by atoms with E-state index in [0.29, 0.717) is 22.9 Å². The molecule has 5 heteroatoms. The number of Topliss-reactive ketones (excluding diaryl/α,β-unsaturated/α-hetero) is 1. The van der Waals surface area contributed by atoms with Crippen LogP contribution in [-0.4, -0.2) is 39.2 Å². The topological polar surface area (TPSA) is 40.5 Å². The van der Waals surface area contributed by atoms with Crippen molar-refractivity contribution in [3.8, 4) is 5.75 Å². The summed E-state index contributed by atoms with van der Waals surface area (Å²) < 4.78 is 0. The molecule has 2 bridgehead atoms. The van der Waals surface area contributed by atoms with Crippen LogP contribution in [0.25, 0.3) is 0 Å². The van der Waals surface area contributed by atoms with Gasteiger partial charge in [0.2, 0.25) is 0 Å². The summed E-state index contributed by atoms with van der Waals surface area (Å²) in [4.78, 5) is 16.7. The molecule has 0 saturated carbocycles. The Balaban J connectivity index is 1.43. The van der Waals surface area contributed by atoms with E-state index in [4.69, 9.17) is 11.6 Å². The molecule has 0 spiro atoms. The Morgan fingerprint density at radius 1 is 1.07 bits per heavy atom. The molecule has 2 aromatic carbocycles. The van der Waals surface area contributed by atoms with Gasteiger partial charge in [-0.1, -0.05) is 11.6 Å². The molecular weight excluding hydrogens is 378 g/mol. The van der Waals surface area contributed by atoms with Crippen LogP contribution in [0.4, 0.5) is 0 Å². The Bertz CT molecular complexity index is 794. The minimum atomic E-state index is -0.117. The summed E-state index contributed by atoms with van der Waals surface area (Å²) in [6, 6.07) is 15.5. The van der Waals surface area contributed by atoms with E-state index in [1.54, 1.807) is 24.3 Å². The average molecular weight is 402 g/mol. The third-order valence-corrected chi connectivity index (χ3v) is 7.36. The van der Waals surface area contributed by atoms with Gasteiger partial charge in [-0.15, -0.1) is 11.8 Å². The number of hydrogen-bond donors (Lipinski definition) is 1.